The fraction of sp³-hybridized carbons (Fsp3) is 0.571. The van der Waals surface area contributed by atoms with Gasteiger partial charge in [0, 0.05) is 12.2 Å². The molecule has 0 spiro atoms. The van der Waals surface area contributed by atoms with E-state index in [1.807, 2.05) is 0 Å². The van der Waals surface area contributed by atoms with Crippen molar-refractivity contribution in [2.75, 3.05) is 18.4 Å². The van der Waals surface area contributed by atoms with Gasteiger partial charge >= 0.3 is 0 Å². The Morgan fingerprint density at radius 1 is 1.19 bits per heavy atom. The highest BCUT2D eigenvalue weighted by Gasteiger charge is 2.06. The molecular weight excluding hydrogens is 196 g/mol. The summed E-state index contributed by atoms with van der Waals surface area (Å²) in [7, 11) is 0. The normalized spacial score (nSPS) is 12.6. The van der Waals surface area contributed by atoms with Crippen LogP contribution in [0.1, 0.15) is 30.0 Å². The van der Waals surface area contributed by atoms with Crippen LogP contribution >= 0.6 is 0 Å². The number of benzene rings is 1. The average Bonchev–Trinajstić information content (AvgIpc) is 2.30. The lowest BCUT2D eigenvalue weighted by atomic mass is 10.0. The van der Waals surface area contributed by atoms with Crippen molar-refractivity contribution in [3.05, 3.63) is 28.8 Å². The number of aryl methyl sites for hydroxylation is 1. The molecule has 3 N–H and O–H groups in total. The Morgan fingerprint density at radius 3 is 2.44 bits per heavy atom. The number of nitrogens with two attached hydrogens (primary N) is 1. The van der Waals surface area contributed by atoms with Gasteiger partial charge < -0.3 is 11.1 Å². The van der Waals surface area contributed by atoms with Crippen LogP contribution in [0.4, 0.5) is 5.69 Å². The fourth-order valence-corrected chi connectivity index (χ4v) is 1.80. The van der Waals surface area contributed by atoms with Gasteiger partial charge in [0.15, 0.2) is 0 Å². The van der Waals surface area contributed by atoms with Gasteiger partial charge in [-0.15, -0.1) is 0 Å². The second kappa shape index (κ2) is 5.90. The van der Waals surface area contributed by atoms with E-state index in [-0.39, 0.29) is 0 Å². The molecule has 1 unspecified atom stereocenters. The third-order valence-corrected chi connectivity index (χ3v) is 3.55. The Labute approximate surface area is 99.2 Å². The Morgan fingerprint density at radius 2 is 1.88 bits per heavy atom. The summed E-state index contributed by atoms with van der Waals surface area (Å²) >= 11 is 0. The van der Waals surface area contributed by atoms with Crippen molar-refractivity contribution < 1.29 is 0 Å². The smallest absolute Gasteiger partial charge is 0.0372 e. The summed E-state index contributed by atoms with van der Waals surface area (Å²) in [5.41, 5.74) is 11.0. The first kappa shape index (κ1) is 13.0. The van der Waals surface area contributed by atoms with E-state index >= 15 is 0 Å². The molecule has 16 heavy (non-hydrogen) atoms. The lowest BCUT2D eigenvalue weighted by Gasteiger charge is -2.17. The number of hydrogen-bond acceptors (Lipinski definition) is 2. The van der Waals surface area contributed by atoms with Crippen LogP contribution in [0.2, 0.25) is 0 Å². The van der Waals surface area contributed by atoms with Crippen LogP contribution < -0.4 is 11.1 Å². The summed E-state index contributed by atoms with van der Waals surface area (Å²) in [6, 6.07) is 4.34. The Balaban J connectivity index is 2.71. The van der Waals surface area contributed by atoms with Gasteiger partial charge in [-0.1, -0.05) is 19.4 Å². The minimum Gasteiger partial charge on any atom is -0.384 e. The monoisotopic (exact) mass is 220 g/mol. The third-order valence-electron chi connectivity index (χ3n) is 3.55. The maximum absolute atomic E-state index is 5.70. The highest BCUT2D eigenvalue weighted by Crippen LogP contribution is 2.21. The summed E-state index contributed by atoms with van der Waals surface area (Å²) in [4.78, 5) is 0. The van der Waals surface area contributed by atoms with E-state index in [2.05, 4.69) is 45.1 Å². The molecule has 0 fully saturated rings. The van der Waals surface area contributed by atoms with Gasteiger partial charge in [-0.05, 0) is 56.0 Å². The van der Waals surface area contributed by atoms with Crippen molar-refractivity contribution in [3.8, 4) is 0 Å². The molecule has 0 bridgehead atoms. The summed E-state index contributed by atoms with van der Waals surface area (Å²) in [6.07, 6.45) is 1.13. The number of nitrogens with one attached hydrogen (secondary N) is 1. The molecular formula is C14H24N2. The summed E-state index contributed by atoms with van der Waals surface area (Å²) < 4.78 is 0. The topological polar surface area (TPSA) is 38.0 Å². The molecule has 1 atom stereocenters. The SMILES string of the molecule is CCC(CN)CNc1ccc(C)c(C)c1C. The van der Waals surface area contributed by atoms with Crippen molar-refractivity contribution in [1.29, 1.82) is 0 Å². The lowest BCUT2D eigenvalue weighted by Crippen LogP contribution is -2.22. The van der Waals surface area contributed by atoms with Gasteiger partial charge in [0.2, 0.25) is 0 Å². The molecule has 0 heterocycles. The maximum atomic E-state index is 5.70. The largest absolute Gasteiger partial charge is 0.384 e. The highest BCUT2D eigenvalue weighted by atomic mass is 14.9. The van der Waals surface area contributed by atoms with E-state index in [1.165, 1.54) is 22.4 Å². The van der Waals surface area contributed by atoms with Crippen molar-refractivity contribution in [2.45, 2.75) is 34.1 Å². The molecule has 2 heteroatoms. The maximum Gasteiger partial charge on any atom is 0.0372 e. The number of hydrogen-bond donors (Lipinski definition) is 2. The van der Waals surface area contributed by atoms with E-state index in [9.17, 15) is 0 Å². The zero-order valence-corrected chi connectivity index (χ0v) is 10.9. The highest BCUT2D eigenvalue weighted by molar-refractivity contribution is 5.55. The van der Waals surface area contributed by atoms with Crippen molar-refractivity contribution >= 4 is 5.69 Å². The molecule has 90 valence electrons. The molecule has 0 aromatic heterocycles. The van der Waals surface area contributed by atoms with Crippen LogP contribution in [0.5, 0.6) is 0 Å². The van der Waals surface area contributed by atoms with Crippen molar-refractivity contribution in [2.24, 2.45) is 11.7 Å². The van der Waals surface area contributed by atoms with E-state index < -0.39 is 0 Å². The van der Waals surface area contributed by atoms with Gasteiger partial charge in [-0.2, -0.15) is 0 Å². The number of anilines is 1. The predicted octanol–water partition coefficient (Wildman–Crippen LogP) is 3.01. The molecule has 0 amide bonds. The van der Waals surface area contributed by atoms with Gasteiger partial charge in [0.1, 0.15) is 0 Å². The van der Waals surface area contributed by atoms with E-state index in [0.29, 0.717) is 5.92 Å². The molecule has 0 radical (unpaired) electrons. The first-order chi connectivity index (χ1) is 7.60. The second-order valence-electron chi connectivity index (χ2n) is 4.57. The Kier molecular flexibility index (Phi) is 4.81. The van der Waals surface area contributed by atoms with Gasteiger partial charge in [-0.25, -0.2) is 0 Å². The molecule has 0 saturated carbocycles. The second-order valence-corrected chi connectivity index (χ2v) is 4.57. The van der Waals surface area contributed by atoms with Crippen LogP contribution in [0, 0.1) is 26.7 Å². The summed E-state index contributed by atoms with van der Waals surface area (Å²) in [5, 5.41) is 3.50. The van der Waals surface area contributed by atoms with E-state index in [1.54, 1.807) is 0 Å². The van der Waals surface area contributed by atoms with Crippen LogP contribution in [-0.2, 0) is 0 Å². The predicted molar refractivity (Wildman–Crippen MR) is 72.0 cm³/mol. The lowest BCUT2D eigenvalue weighted by molar-refractivity contribution is 0.548. The number of rotatable bonds is 5. The van der Waals surface area contributed by atoms with Crippen LogP contribution in [0.25, 0.3) is 0 Å². The van der Waals surface area contributed by atoms with E-state index in [4.69, 9.17) is 5.73 Å². The molecule has 0 aliphatic rings. The van der Waals surface area contributed by atoms with Gasteiger partial charge in [-0.3, -0.25) is 0 Å². The van der Waals surface area contributed by atoms with Gasteiger partial charge in [0.05, 0.1) is 0 Å². The minimum atomic E-state index is 0.570. The quantitative estimate of drug-likeness (QED) is 0.800. The molecule has 1 rings (SSSR count). The molecule has 0 aliphatic heterocycles. The summed E-state index contributed by atoms with van der Waals surface area (Å²) in [5.74, 6) is 0.570. The fourth-order valence-electron chi connectivity index (χ4n) is 1.80. The first-order valence-electron chi connectivity index (χ1n) is 6.10. The zero-order chi connectivity index (χ0) is 12.1. The first-order valence-corrected chi connectivity index (χ1v) is 6.10. The van der Waals surface area contributed by atoms with E-state index in [0.717, 1.165) is 19.5 Å². The van der Waals surface area contributed by atoms with Crippen molar-refractivity contribution in [1.82, 2.24) is 0 Å². The van der Waals surface area contributed by atoms with Gasteiger partial charge in [0.25, 0.3) is 0 Å². The molecule has 1 aromatic carbocycles. The van der Waals surface area contributed by atoms with Crippen LogP contribution in [0.15, 0.2) is 12.1 Å². The van der Waals surface area contributed by atoms with Crippen molar-refractivity contribution in [3.63, 3.8) is 0 Å². The molecule has 0 aliphatic carbocycles. The van der Waals surface area contributed by atoms with Crippen LogP contribution in [-0.4, -0.2) is 13.1 Å². The average molecular weight is 220 g/mol. The third kappa shape index (κ3) is 2.99. The molecule has 2 nitrogen and oxygen atoms in total. The van der Waals surface area contributed by atoms with Crippen LogP contribution in [0.3, 0.4) is 0 Å². The summed E-state index contributed by atoms with van der Waals surface area (Å²) in [6.45, 7) is 10.4. The molecule has 1 aromatic rings. The Bertz CT molecular complexity index is 341. The standard InChI is InChI=1S/C14H24N2/c1-5-13(8-15)9-16-14-7-6-10(2)11(3)12(14)4/h6-7,13,16H,5,8-9,15H2,1-4H3. The molecule has 0 saturated heterocycles. The zero-order valence-electron chi connectivity index (χ0n) is 10.9. The minimum absolute atomic E-state index is 0.570. The Hall–Kier alpha value is -1.02.